The van der Waals surface area contributed by atoms with Crippen molar-refractivity contribution in [3.63, 3.8) is 0 Å². The molecule has 0 spiro atoms. The maximum Gasteiger partial charge on any atom is 0.319 e. The first-order valence-electron chi connectivity index (χ1n) is 7.33. The van der Waals surface area contributed by atoms with Crippen LogP contribution in [0, 0.1) is 6.92 Å². The maximum atomic E-state index is 12.0. The van der Waals surface area contributed by atoms with Crippen molar-refractivity contribution in [2.45, 2.75) is 32.7 Å². The van der Waals surface area contributed by atoms with Crippen LogP contribution in [0.25, 0.3) is 10.6 Å². The first-order valence-corrected chi connectivity index (χ1v) is 8.21. The second-order valence-electron chi connectivity index (χ2n) is 5.09. The van der Waals surface area contributed by atoms with Crippen LogP contribution in [-0.4, -0.2) is 28.8 Å². The van der Waals surface area contributed by atoms with Crippen LogP contribution in [0.3, 0.4) is 0 Å². The Labute approximate surface area is 134 Å². The quantitative estimate of drug-likeness (QED) is 0.764. The zero-order valence-electron chi connectivity index (χ0n) is 12.8. The summed E-state index contributed by atoms with van der Waals surface area (Å²) in [7, 11) is 0. The number of amides is 2. The summed E-state index contributed by atoms with van der Waals surface area (Å²) in [5.74, 6) is 0. The van der Waals surface area contributed by atoms with Gasteiger partial charge < -0.3 is 15.7 Å². The van der Waals surface area contributed by atoms with Gasteiger partial charge in [-0.1, -0.05) is 19.1 Å². The number of rotatable bonds is 6. The van der Waals surface area contributed by atoms with Gasteiger partial charge in [-0.25, -0.2) is 9.78 Å². The average molecular weight is 319 g/mol. The molecular formula is C16H21N3O2S. The number of aliphatic hydroxyl groups excluding tert-OH is 1. The molecule has 6 heteroatoms. The van der Waals surface area contributed by atoms with E-state index in [1.165, 1.54) is 0 Å². The van der Waals surface area contributed by atoms with E-state index in [9.17, 15) is 4.79 Å². The summed E-state index contributed by atoms with van der Waals surface area (Å²) in [5.41, 5.74) is 2.70. The zero-order valence-corrected chi connectivity index (χ0v) is 13.6. The lowest BCUT2D eigenvalue weighted by molar-refractivity contribution is 0.237. The molecule has 1 atom stereocenters. The molecule has 5 nitrogen and oxygen atoms in total. The molecule has 2 aromatic rings. The number of urea groups is 1. The zero-order chi connectivity index (χ0) is 15.9. The van der Waals surface area contributed by atoms with E-state index in [0.717, 1.165) is 28.4 Å². The predicted molar refractivity (Wildman–Crippen MR) is 90.2 cm³/mol. The third-order valence-corrected chi connectivity index (χ3v) is 4.30. The van der Waals surface area contributed by atoms with Crippen LogP contribution in [0.2, 0.25) is 0 Å². The minimum absolute atomic E-state index is 0.0187. The number of nitrogens with one attached hydrogen (secondary N) is 2. The van der Waals surface area contributed by atoms with E-state index >= 15 is 0 Å². The monoisotopic (exact) mass is 319 g/mol. The number of aromatic nitrogens is 1. The van der Waals surface area contributed by atoms with Crippen molar-refractivity contribution in [2.24, 2.45) is 0 Å². The third kappa shape index (κ3) is 4.54. The number of aliphatic hydroxyl groups is 1. The average Bonchev–Trinajstić information content (AvgIpc) is 2.93. The van der Waals surface area contributed by atoms with Crippen molar-refractivity contribution in [2.75, 3.05) is 11.9 Å². The Morgan fingerprint density at radius 2 is 2.27 bits per heavy atom. The molecule has 1 aromatic carbocycles. The van der Waals surface area contributed by atoms with E-state index in [0.29, 0.717) is 6.42 Å². The van der Waals surface area contributed by atoms with E-state index in [-0.39, 0.29) is 18.7 Å². The number of hydrogen-bond donors (Lipinski definition) is 3. The smallest absolute Gasteiger partial charge is 0.319 e. The van der Waals surface area contributed by atoms with Crippen LogP contribution < -0.4 is 10.6 Å². The summed E-state index contributed by atoms with van der Waals surface area (Å²) in [6, 6.07) is 7.35. The highest BCUT2D eigenvalue weighted by Crippen LogP contribution is 2.25. The van der Waals surface area contributed by atoms with Gasteiger partial charge in [-0.05, 0) is 31.9 Å². The van der Waals surface area contributed by atoms with Crippen LogP contribution in [0.4, 0.5) is 10.5 Å². The molecular weight excluding hydrogens is 298 g/mol. The molecule has 0 aliphatic carbocycles. The van der Waals surface area contributed by atoms with Crippen molar-refractivity contribution in [3.8, 4) is 10.6 Å². The van der Waals surface area contributed by atoms with Gasteiger partial charge in [0, 0.05) is 35.0 Å². The Balaban J connectivity index is 2.02. The van der Waals surface area contributed by atoms with Crippen LogP contribution in [-0.2, 0) is 0 Å². The summed E-state index contributed by atoms with van der Waals surface area (Å²) < 4.78 is 0. The summed E-state index contributed by atoms with van der Waals surface area (Å²) in [6.07, 6.45) is 1.34. The Hall–Kier alpha value is -1.92. The molecule has 0 saturated heterocycles. The number of hydrogen-bond acceptors (Lipinski definition) is 4. The number of carbonyl (C=O) groups excluding carboxylic acids is 1. The lowest BCUT2D eigenvalue weighted by Gasteiger charge is -2.16. The summed E-state index contributed by atoms with van der Waals surface area (Å²) in [6.45, 7) is 4.01. The third-order valence-electron chi connectivity index (χ3n) is 3.29. The van der Waals surface area contributed by atoms with E-state index in [4.69, 9.17) is 5.11 Å². The minimum atomic E-state index is -0.257. The van der Waals surface area contributed by atoms with Gasteiger partial charge in [0.25, 0.3) is 0 Å². The Kier molecular flexibility index (Phi) is 5.91. The van der Waals surface area contributed by atoms with E-state index in [2.05, 4.69) is 15.6 Å². The van der Waals surface area contributed by atoms with Crippen molar-refractivity contribution < 1.29 is 9.90 Å². The fourth-order valence-corrected chi connectivity index (χ4v) is 2.90. The molecule has 0 aliphatic heterocycles. The van der Waals surface area contributed by atoms with Gasteiger partial charge in [0.2, 0.25) is 0 Å². The number of thiazole rings is 1. The van der Waals surface area contributed by atoms with Crippen molar-refractivity contribution >= 4 is 23.1 Å². The fraction of sp³-hybridized carbons (Fsp3) is 0.375. The van der Waals surface area contributed by atoms with Crippen LogP contribution in [0.1, 0.15) is 25.5 Å². The molecule has 1 unspecified atom stereocenters. The molecule has 0 radical (unpaired) electrons. The molecule has 0 bridgehead atoms. The lowest BCUT2D eigenvalue weighted by Crippen LogP contribution is -2.38. The first kappa shape index (κ1) is 16.5. The Morgan fingerprint density at radius 1 is 1.45 bits per heavy atom. The van der Waals surface area contributed by atoms with E-state index in [1.807, 2.05) is 43.5 Å². The number of benzene rings is 1. The standard InChI is InChI=1S/C16H21N3O2S/c1-3-13(7-8-20)18-16(21)19-14-6-4-5-12(9-14)15-17-11(2)10-22-15/h4-6,9-10,13,20H,3,7-8H2,1-2H3,(H2,18,19,21). The van der Waals surface area contributed by atoms with Gasteiger partial charge in [0.15, 0.2) is 0 Å². The fourth-order valence-electron chi connectivity index (χ4n) is 2.10. The molecule has 0 saturated carbocycles. The summed E-state index contributed by atoms with van der Waals surface area (Å²) in [5, 5.41) is 17.6. The highest BCUT2D eigenvalue weighted by molar-refractivity contribution is 7.13. The minimum Gasteiger partial charge on any atom is -0.396 e. The van der Waals surface area contributed by atoms with Crippen LogP contribution in [0.5, 0.6) is 0 Å². The lowest BCUT2D eigenvalue weighted by atomic mass is 10.1. The first-order chi connectivity index (χ1) is 10.6. The molecule has 2 amide bonds. The number of anilines is 1. The molecule has 2 rings (SSSR count). The molecule has 118 valence electrons. The Bertz CT molecular complexity index is 627. The second kappa shape index (κ2) is 7.91. The topological polar surface area (TPSA) is 74.2 Å². The highest BCUT2D eigenvalue weighted by Gasteiger charge is 2.10. The van der Waals surface area contributed by atoms with Crippen molar-refractivity contribution in [1.82, 2.24) is 10.3 Å². The molecule has 0 aliphatic rings. The molecule has 1 heterocycles. The van der Waals surface area contributed by atoms with Crippen LogP contribution >= 0.6 is 11.3 Å². The van der Waals surface area contributed by atoms with E-state index < -0.39 is 0 Å². The highest BCUT2D eigenvalue weighted by atomic mass is 32.1. The molecule has 22 heavy (non-hydrogen) atoms. The van der Waals surface area contributed by atoms with Crippen LogP contribution in [0.15, 0.2) is 29.6 Å². The second-order valence-corrected chi connectivity index (χ2v) is 5.95. The van der Waals surface area contributed by atoms with Gasteiger partial charge in [0.1, 0.15) is 5.01 Å². The number of nitrogens with zero attached hydrogens (tertiary/aromatic N) is 1. The molecule has 1 aromatic heterocycles. The van der Waals surface area contributed by atoms with Gasteiger partial charge >= 0.3 is 6.03 Å². The largest absolute Gasteiger partial charge is 0.396 e. The normalized spacial score (nSPS) is 12.0. The summed E-state index contributed by atoms with van der Waals surface area (Å²) >= 11 is 1.58. The molecule has 0 fully saturated rings. The summed E-state index contributed by atoms with van der Waals surface area (Å²) in [4.78, 5) is 16.4. The number of carbonyl (C=O) groups is 1. The predicted octanol–water partition coefficient (Wildman–Crippen LogP) is 3.40. The van der Waals surface area contributed by atoms with Gasteiger partial charge in [0.05, 0.1) is 0 Å². The maximum absolute atomic E-state index is 12.0. The van der Waals surface area contributed by atoms with E-state index in [1.54, 1.807) is 11.3 Å². The SMILES string of the molecule is CCC(CCO)NC(=O)Nc1cccc(-c2nc(C)cs2)c1. The molecule has 3 N–H and O–H groups in total. The number of aryl methyl sites for hydroxylation is 1. The van der Waals surface area contributed by atoms with Gasteiger partial charge in [-0.3, -0.25) is 0 Å². The Morgan fingerprint density at radius 3 is 2.91 bits per heavy atom. The van der Waals surface area contributed by atoms with Gasteiger partial charge in [-0.15, -0.1) is 11.3 Å². The van der Waals surface area contributed by atoms with Crippen molar-refractivity contribution in [3.05, 3.63) is 35.3 Å². The van der Waals surface area contributed by atoms with Gasteiger partial charge in [-0.2, -0.15) is 0 Å². The van der Waals surface area contributed by atoms with Crippen molar-refractivity contribution in [1.29, 1.82) is 0 Å².